The molecule has 1 aromatic heterocycles. The van der Waals surface area contributed by atoms with Crippen LogP contribution in [0.2, 0.25) is 0 Å². The molecule has 6 heteroatoms. The van der Waals surface area contributed by atoms with Crippen molar-refractivity contribution in [1.82, 2.24) is 4.72 Å². The minimum absolute atomic E-state index is 0.0265. The molecule has 0 aliphatic carbocycles. The predicted octanol–water partition coefficient (Wildman–Crippen LogP) is 2.38. The van der Waals surface area contributed by atoms with Crippen LogP contribution < -0.4 is 10.5 Å². The average Bonchev–Trinajstić information content (AvgIpc) is 2.85. The lowest BCUT2D eigenvalue weighted by molar-refractivity contribution is 0.405. The molecular weight excluding hydrogens is 264 g/mol. The number of furan rings is 1. The molecule has 3 N–H and O–H groups in total. The highest BCUT2D eigenvalue weighted by molar-refractivity contribution is 7.89. The molecule has 0 aromatic carbocycles. The Bertz CT molecular complexity index is 468. The van der Waals surface area contributed by atoms with Crippen molar-refractivity contribution in [3.8, 4) is 0 Å². The van der Waals surface area contributed by atoms with Gasteiger partial charge in [-0.15, -0.1) is 0 Å². The summed E-state index contributed by atoms with van der Waals surface area (Å²) in [6.07, 6.45) is 4.71. The maximum atomic E-state index is 12.2. The van der Waals surface area contributed by atoms with Crippen LogP contribution in [0, 0.1) is 0 Å². The maximum Gasteiger partial charge on any atom is 0.274 e. The first-order chi connectivity index (χ1) is 9.03. The van der Waals surface area contributed by atoms with Crippen molar-refractivity contribution in [2.45, 2.75) is 63.6 Å². The molecule has 0 aliphatic rings. The SMILES string of the molecule is CCCCC(CCC)NS(=O)(=O)c1ccc(CN)o1. The maximum absolute atomic E-state index is 12.2. The van der Waals surface area contributed by atoms with E-state index in [0.29, 0.717) is 5.76 Å². The quantitative estimate of drug-likeness (QED) is 0.730. The molecule has 19 heavy (non-hydrogen) atoms. The number of sulfonamides is 1. The third-order valence-electron chi connectivity index (χ3n) is 2.97. The van der Waals surface area contributed by atoms with Gasteiger partial charge in [0.25, 0.3) is 10.0 Å². The molecule has 0 bridgehead atoms. The van der Waals surface area contributed by atoms with E-state index in [1.165, 1.54) is 6.07 Å². The van der Waals surface area contributed by atoms with Gasteiger partial charge in [0.05, 0.1) is 6.54 Å². The van der Waals surface area contributed by atoms with Gasteiger partial charge in [0.2, 0.25) is 5.09 Å². The van der Waals surface area contributed by atoms with E-state index in [2.05, 4.69) is 11.6 Å². The van der Waals surface area contributed by atoms with Crippen LogP contribution in [0.15, 0.2) is 21.6 Å². The lowest BCUT2D eigenvalue weighted by atomic mass is 10.1. The summed E-state index contributed by atoms with van der Waals surface area (Å²) in [5, 5.41) is -0.0504. The van der Waals surface area contributed by atoms with Crippen LogP contribution in [-0.2, 0) is 16.6 Å². The van der Waals surface area contributed by atoms with Gasteiger partial charge in [-0.05, 0) is 25.0 Å². The Kier molecular flexibility index (Phi) is 6.54. The van der Waals surface area contributed by atoms with Crippen LogP contribution in [0.4, 0.5) is 0 Å². The highest BCUT2D eigenvalue weighted by Gasteiger charge is 2.22. The third-order valence-corrected chi connectivity index (χ3v) is 4.36. The first-order valence-corrected chi connectivity index (χ1v) is 8.32. The van der Waals surface area contributed by atoms with Crippen molar-refractivity contribution in [3.05, 3.63) is 17.9 Å². The molecule has 1 unspecified atom stereocenters. The summed E-state index contributed by atoms with van der Waals surface area (Å²) >= 11 is 0. The molecular formula is C13H24N2O3S. The normalized spacial score (nSPS) is 13.6. The molecule has 0 radical (unpaired) electrons. The molecule has 0 saturated carbocycles. The van der Waals surface area contributed by atoms with E-state index >= 15 is 0 Å². The first-order valence-electron chi connectivity index (χ1n) is 6.84. The standard InChI is InChI=1S/C13H24N2O3S/c1-3-5-7-11(6-4-2)15-19(16,17)13-9-8-12(10-14)18-13/h8-9,11,15H,3-7,10,14H2,1-2H3. The van der Waals surface area contributed by atoms with Gasteiger partial charge in [-0.1, -0.05) is 33.1 Å². The monoisotopic (exact) mass is 288 g/mol. The van der Waals surface area contributed by atoms with Crippen molar-refractivity contribution >= 4 is 10.0 Å². The minimum Gasteiger partial charge on any atom is -0.447 e. The second-order valence-electron chi connectivity index (χ2n) is 4.67. The van der Waals surface area contributed by atoms with Crippen molar-refractivity contribution in [2.75, 3.05) is 0 Å². The van der Waals surface area contributed by atoms with Gasteiger partial charge in [0.1, 0.15) is 5.76 Å². The lowest BCUT2D eigenvalue weighted by Gasteiger charge is -2.16. The highest BCUT2D eigenvalue weighted by Crippen LogP contribution is 2.16. The largest absolute Gasteiger partial charge is 0.447 e. The van der Waals surface area contributed by atoms with E-state index in [1.807, 2.05) is 6.92 Å². The third kappa shape index (κ3) is 4.97. The van der Waals surface area contributed by atoms with Crippen molar-refractivity contribution in [1.29, 1.82) is 0 Å². The van der Waals surface area contributed by atoms with Crippen LogP contribution in [0.1, 0.15) is 51.7 Å². The van der Waals surface area contributed by atoms with E-state index in [0.717, 1.165) is 32.1 Å². The van der Waals surface area contributed by atoms with Gasteiger partial charge < -0.3 is 10.2 Å². The molecule has 1 rings (SSSR count). The Labute approximate surface area is 115 Å². The summed E-state index contributed by atoms with van der Waals surface area (Å²) in [5.41, 5.74) is 5.41. The molecule has 1 atom stereocenters. The molecule has 110 valence electrons. The van der Waals surface area contributed by atoms with Gasteiger partial charge in [0.15, 0.2) is 0 Å². The smallest absolute Gasteiger partial charge is 0.274 e. The van der Waals surface area contributed by atoms with Crippen LogP contribution in [0.5, 0.6) is 0 Å². The number of hydrogen-bond acceptors (Lipinski definition) is 4. The second kappa shape index (κ2) is 7.67. The zero-order valence-corrected chi connectivity index (χ0v) is 12.5. The van der Waals surface area contributed by atoms with Crippen LogP contribution in [0.3, 0.4) is 0 Å². The average molecular weight is 288 g/mol. The Morgan fingerprint density at radius 1 is 1.26 bits per heavy atom. The number of nitrogens with one attached hydrogen (secondary N) is 1. The van der Waals surface area contributed by atoms with Crippen molar-refractivity contribution < 1.29 is 12.8 Å². The van der Waals surface area contributed by atoms with E-state index in [-0.39, 0.29) is 17.7 Å². The van der Waals surface area contributed by atoms with E-state index in [9.17, 15) is 8.42 Å². The summed E-state index contributed by atoms with van der Waals surface area (Å²) in [7, 11) is -3.57. The van der Waals surface area contributed by atoms with Gasteiger partial charge in [-0.2, -0.15) is 0 Å². The summed E-state index contributed by atoms with van der Waals surface area (Å²) in [4.78, 5) is 0. The highest BCUT2D eigenvalue weighted by atomic mass is 32.2. The molecule has 0 aliphatic heterocycles. The number of hydrogen-bond donors (Lipinski definition) is 2. The fourth-order valence-corrected chi connectivity index (χ4v) is 3.21. The van der Waals surface area contributed by atoms with Crippen LogP contribution >= 0.6 is 0 Å². The summed E-state index contributed by atoms with van der Waals surface area (Å²) in [6.45, 7) is 4.34. The zero-order chi connectivity index (χ0) is 14.3. The summed E-state index contributed by atoms with van der Waals surface area (Å²) in [6, 6.07) is 3.02. The molecule has 1 heterocycles. The van der Waals surface area contributed by atoms with Crippen molar-refractivity contribution in [2.24, 2.45) is 5.73 Å². The molecule has 0 saturated heterocycles. The number of rotatable bonds is 9. The van der Waals surface area contributed by atoms with Crippen LogP contribution in [0.25, 0.3) is 0 Å². The zero-order valence-electron chi connectivity index (χ0n) is 11.7. The molecule has 0 spiro atoms. The fourth-order valence-electron chi connectivity index (χ4n) is 1.95. The summed E-state index contributed by atoms with van der Waals surface area (Å²) < 4.78 is 32.3. The van der Waals surface area contributed by atoms with Crippen molar-refractivity contribution in [3.63, 3.8) is 0 Å². The Morgan fingerprint density at radius 3 is 2.53 bits per heavy atom. The summed E-state index contributed by atoms with van der Waals surface area (Å²) in [5.74, 6) is 0.473. The van der Waals surface area contributed by atoms with E-state index < -0.39 is 10.0 Å². The first kappa shape index (κ1) is 16.2. The lowest BCUT2D eigenvalue weighted by Crippen LogP contribution is -2.34. The van der Waals surface area contributed by atoms with Gasteiger partial charge >= 0.3 is 0 Å². The number of nitrogens with two attached hydrogens (primary N) is 1. The Balaban J connectivity index is 2.74. The predicted molar refractivity (Wildman–Crippen MR) is 75.1 cm³/mol. The Hall–Kier alpha value is -0.850. The molecule has 0 fully saturated rings. The Morgan fingerprint density at radius 2 is 2.00 bits per heavy atom. The molecule has 5 nitrogen and oxygen atoms in total. The topological polar surface area (TPSA) is 85.3 Å². The molecule has 0 amide bonds. The minimum atomic E-state index is -3.57. The van der Waals surface area contributed by atoms with Gasteiger partial charge in [0, 0.05) is 6.04 Å². The van der Waals surface area contributed by atoms with E-state index in [1.54, 1.807) is 6.07 Å². The van der Waals surface area contributed by atoms with Crippen LogP contribution in [-0.4, -0.2) is 14.5 Å². The van der Waals surface area contributed by atoms with Gasteiger partial charge in [-0.25, -0.2) is 13.1 Å². The number of unbranched alkanes of at least 4 members (excludes halogenated alkanes) is 1. The molecule has 1 aromatic rings. The van der Waals surface area contributed by atoms with Gasteiger partial charge in [-0.3, -0.25) is 0 Å². The van der Waals surface area contributed by atoms with E-state index in [4.69, 9.17) is 10.2 Å². The second-order valence-corrected chi connectivity index (χ2v) is 6.32. The fraction of sp³-hybridized carbons (Fsp3) is 0.692.